The Hall–Kier alpha value is -2.01. The third-order valence-electron chi connectivity index (χ3n) is 3.34. The van der Waals surface area contributed by atoms with Gasteiger partial charge in [-0.05, 0) is 60.7 Å². The summed E-state index contributed by atoms with van der Waals surface area (Å²) in [7, 11) is 0. The molecule has 3 rings (SSSR count). The molecule has 6 heteroatoms. The minimum Gasteiger partial charge on any atom is -0.457 e. The van der Waals surface area contributed by atoms with E-state index in [1.807, 2.05) is 18.2 Å². The van der Waals surface area contributed by atoms with Gasteiger partial charge in [-0.25, -0.2) is 0 Å². The summed E-state index contributed by atoms with van der Waals surface area (Å²) in [5, 5.41) is 3.84. The van der Waals surface area contributed by atoms with Crippen molar-refractivity contribution in [3.8, 4) is 11.3 Å². The lowest BCUT2D eigenvalue weighted by atomic mass is 10.2. The number of anilines is 1. The van der Waals surface area contributed by atoms with Gasteiger partial charge in [0.1, 0.15) is 11.5 Å². The molecule has 0 radical (unpaired) electrons. The number of carbonyl (C=O) groups is 1. The number of nitrogens with one attached hydrogen (secondary N) is 1. The van der Waals surface area contributed by atoms with E-state index in [-0.39, 0.29) is 5.91 Å². The first-order valence-electron chi connectivity index (χ1n) is 7.31. The van der Waals surface area contributed by atoms with Crippen molar-refractivity contribution in [1.82, 2.24) is 0 Å². The molecule has 0 saturated carbocycles. The molecule has 2 aromatic carbocycles. The van der Waals surface area contributed by atoms with Crippen LogP contribution in [0.4, 0.5) is 5.69 Å². The van der Waals surface area contributed by atoms with Crippen LogP contribution in [0.1, 0.15) is 5.76 Å². The largest absolute Gasteiger partial charge is 0.457 e. The summed E-state index contributed by atoms with van der Waals surface area (Å²) in [5.41, 5.74) is 1.45. The number of halogens is 3. The molecule has 1 heterocycles. The summed E-state index contributed by atoms with van der Waals surface area (Å²) in [6.45, 7) is 0. The predicted octanol–water partition coefficient (Wildman–Crippen LogP) is 6.67. The van der Waals surface area contributed by atoms with E-state index in [0.717, 1.165) is 10.0 Å². The van der Waals surface area contributed by atoms with Gasteiger partial charge in [-0.3, -0.25) is 4.79 Å². The van der Waals surface area contributed by atoms with Crippen molar-refractivity contribution in [2.75, 3.05) is 5.32 Å². The zero-order chi connectivity index (χ0) is 17.8. The Morgan fingerprint density at radius 2 is 1.80 bits per heavy atom. The highest BCUT2D eigenvalue weighted by Crippen LogP contribution is 2.26. The van der Waals surface area contributed by atoms with Crippen molar-refractivity contribution < 1.29 is 9.21 Å². The highest BCUT2D eigenvalue weighted by atomic mass is 79.9. The maximum Gasteiger partial charge on any atom is 0.248 e. The normalized spacial score (nSPS) is 11.0. The summed E-state index contributed by atoms with van der Waals surface area (Å²) in [4.78, 5) is 12.0. The van der Waals surface area contributed by atoms with E-state index in [1.54, 1.807) is 42.5 Å². The minimum atomic E-state index is -0.298. The summed E-state index contributed by atoms with van der Waals surface area (Å²) in [6.07, 6.45) is 2.99. The van der Waals surface area contributed by atoms with Crippen molar-refractivity contribution in [1.29, 1.82) is 0 Å². The molecule has 0 fully saturated rings. The zero-order valence-corrected chi connectivity index (χ0v) is 15.9. The molecule has 0 bridgehead atoms. The molecule has 3 nitrogen and oxygen atoms in total. The van der Waals surface area contributed by atoms with Crippen molar-refractivity contribution in [2.45, 2.75) is 0 Å². The lowest BCUT2D eigenvalue weighted by Crippen LogP contribution is -2.07. The average Bonchev–Trinajstić information content (AvgIpc) is 3.05. The zero-order valence-electron chi connectivity index (χ0n) is 12.8. The van der Waals surface area contributed by atoms with Crippen LogP contribution >= 0.6 is 39.1 Å². The van der Waals surface area contributed by atoms with Gasteiger partial charge in [0, 0.05) is 21.1 Å². The summed E-state index contributed by atoms with van der Waals surface area (Å²) in [5.74, 6) is 0.975. The fourth-order valence-electron chi connectivity index (χ4n) is 2.13. The molecule has 0 atom stereocenters. The molecule has 0 aliphatic carbocycles. The Labute approximate surface area is 163 Å². The lowest BCUT2D eigenvalue weighted by Gasteiger charge is -2.04. The second-order valence-corrected chi connectivity index (χ2v) is 6.91. The number of rotatable bonds is 4. The van der Waals surface area contributed by atoms with E-state index >= 15 is 0 Å². The second-order valence-electron chi connectivity index (χ2n) is 5.16. The first-order valence-corrected chi connectivity index (χ1v) is 8.86. The maximum atomic E-state index is 12.0. The quantitative estimate of drug-likeness (QED) is 0.464. The summed E-state index contributed by atoms with van der Waals surface area (Å²) >= 11 is 15.3. The van der Waals surface area contributed by atoms with Gasteiger partial charge in [-0.1, -0.05) is 39.1 Å². The second kappa shape index (κ2) is 7.91. The predicted molar refractivity (Wildman–Crippen MR) is 106 cm³/mol. The Morgan fingerprint density at radius 3 is 2.52 bits per heavy atom. The van der Waals surface area contributed by atoms with E-state index in [1.165, 1.54) is 6.08 Å². The number of carbonyl (C=O) groups excluding carboxylic acids is 1. The van der Waals surface area contributed by atoms with Crippen LogP contribution in [0.25, 0.3) is 17.4 Å². The van der Waals surface area contributed by atoms with Crippen LogP contribution in [0.2, 0.25) is 10.0 Å². The van der Waals surface area contributed by atoms with Crippen LogP contribution in [0.5, 0.6) is 0 Å². The molecule has 0 aliphatic heterocycles. The van der Waals surface area contributed by atoms with Crippen molar-refractivity contribution in [3.05, 3.63) is 81.0 Å². The topological polar surface area (TPSA) is 42.2 Å². The number of benzene rings is 2. The van der Waals surface area contributed by atoms with Gasteiger partial charge in [0.15, 0.2) is 0 Å². The summed E-state index contributed by atoms with van der Waals surface area (Å²) in [6, 6.07) is 16.2. The Bertz CT molecular complexity index is 933. The molecule has 1 aromatic heterocycles. The molecule has 0 saturated heterocycles. The molecule has 25 heavy (non-hydrogen) atoms. The molecular weight excluding hydrogens is 425 g/mol. The van der Waals surface area contributed by atoms with E-state index in [4.69, 9.17) is 27.6 Å². The maximum absolute atomic E-state index is 12.0. The number of hydrogen-bond donors (Lipinski definition) is 1. The molecular formula is C19H12BrCl2NO2. The molecule has 3 aromatic rings. The number of amides is 1. The van der Waals surface area contributed by atoms with Crippen LogP contribution < -0.4 is 5.32 Å². The molecule has 1 N–H and O–H groups in total. The first kappa shape index (κ1) is 17.8. The van der Waals surface area contributed by atoms with Crippen LogP contribution in [0, 0.1) is 0 Å². The Kier molecular flexibility index (Phi) is 5.63. The number of furan rings is 1. The van der Waals surface area contributed by atoms with Gasteiger partial charge in [-0.2, -0.15) is 0 Å². The Balaban J connectivity index is 1.67. The van der Waals surface area contributed by atoms with E-state index in [9.17, 15) is 4.79 Å². The van der Waals surface area contributed by atoms with Gasteiger partial charge >= 0.3 is 0 Å². The monoisotopic (exact) mass is 435 g/mol. The fourth-order valence-corrected chi connectivity index (χ4v) is 2.98. The molecule has 0 unspecified atom stereocenters. The van der Waals surface area contributed by atoms with Crippen molar-refractivity contribution in [2.24, 2.45) is 0 Å². The van der Waals surface area contributed by atoms with Crippen molar-refractivity contribution in [3.63, 3.8) is 0 Å². The first-order chi connectivity index (χ1) is 12.0. The lowest BCUT2D eigenvalue weighted by molar-refractivity contribution is -0.111. The van der Waals surface area contributed by atoms with Gasteiger partial charge < -0.3 is 9.73 Å². The van der Waals surface area contributed by atoms with Crippen LogP contribution in [0.15, 0.2) is 69.6 Å². The van der Waals surface area contributed by atoms with E-state index in [0.29, 0.717) is 27.3 Å². The minimum absolute atomic E-state index is 0.298. The standard InChI is InChI=1S/C19H12BrCl2NO2/c20-13-3-8-17(16(22)11-13)23-19(24)10-7-15-6-9-18(25-15)12-1-4-14(21)5-2-12/h1-11H,(H,23,24)/b10-7+. The van der Waals surface area contributed by atoms with Crippen LogP contribution in [-0.2, 0) is 4.79 Å². The van der Waals surface area contributed by atoms with Crippen LogP contribution in [0.3, 0.4) is 0 Å². The van der Waals surface area contributed by atoms with Gasteiger partial charge in [0.05, 0.1) is 10.7 Å². The highest BCUT2D eigenvalue weighted by Gasteiger charge is 2.05. The molecule has 0 aliphatic rings. The Morgan fingerprint density at radius 1 is 1.04 bits per heavy atom. The van der Waals surface area contributed by atoms with E-state index < -0.39 is 0 Å². The van der Waals surface area contributed by atoms with Crippen molar-refractivity contribution >= 4 is 56.8 Å². The van der Waals surface area contributed by atoms with E-state index in [2.05, 4.69) is 21.2 Å². The molecule has 0 spiro atoms. The number of hydrogen-bond acceptors (Lipinski definition) is 2. The van der Waals surface area contributed by atoms with Crippen LogP contribution in [-0.4, -0.2) is 5.91 Å². The smallest absolute Gasteiger partial charge is 0.248 e. The van der Waals surface area contributed by atoms with Gasteiger partial charge in [0.25, 0.3) is 0 Å². The van der Waals surface area contributed by atoms with Gasteiger partial charge in [-0.15, -0.1) is 0 Å². The highest BCUT2D eigenvalue weighted by molar-refractivity contribution is 9.10. The third-order valence-corrected chi connectivity index (χ3v) is 4.40. The molecule has 126 valence electrons. The fraction of sp³-hybridized carbons (Fsp3) is 0. The van der Waals surface area contributed by atoms with Gasteiger partial charge in [0.2, 0.25) is 5.91 Å². The SMILES string of the molecule is O=C(/C=C/c1ccc(-c2ccc(Cl)cc2)o1)Nc1ccc(Br)cc1Cl. The molecule has 1 amide bonds. The summed E-state index contributed by atoms with van der Waals surface area (Å²) < 4.78 is 6.55. The average molecular weight is 437 g/mol. The third kappa shape index (κ3) is 4.75.